The summed E-state index contributed by atoms with van der Waals surface area (Å²) in [6, 6.07) is 7.72. The normalized spacial score (nSPS) is 10.3. The van der Waals surface area contributed by atoms with Gasteiger partial charge in [-0.2, -0.15) is 5.10 Å². The van der Waals surface area contributed by atoms with Crippen LogP contribution in [0.5, 0.6) is 5.75 Å². The van der Waals surface area contributed by atoms with Gasteiger partial charge in [0.25, 0.3) is 0 Å². The van der Waals surface area contributed by atoms with Gasteiger partial charge in [-0.05, 0) is 31.9 Å². The molecule has 1 heterocycles. The monoisotopic (exact) mass is 273 g/mol. The lowest BCUT2D eigenvalue weighted by atomic mass is 10.1. The van der Waals surface area contributed by atoms with Crippen LogP contribution in [-0.2, 0) is 11.2 Å². The Hall–Kier alpha value is -2.30. The van der Waals surface area contributed by atoms with Crippen molar-refractivity contribution in [3.05, 3.63) is 41.1 Å². The number of carbonyl (C=O) groups excluding carboxylic acids is 1. The molecule has 0 fully saturated rings. The summed E-state index contributed by atoms with van der Waals surface area (Å²) in [5, 5.41) is 9.73. The molecule has 2 N–H and O–H groups in total. The standard InChI is InChI=1S/C15H19N3O2/c1-10-11(2)17-18-15(10)16-14(19)9-8-12-6-4-5-7-13(12)20-3/h4-7H,8-9H2,1-3H3,(H2,16,17,18,19). The minimum absolute atomic E-state index is 0.0505. The fourth-order valence-electron chi connectivity index (χ4n) is 1.96. The summed E-state index contributed by atoms with van der Waals surface area (Å²) in [6.45, 7) is 3.85. The van der Waals surface area contributed by atoms with Crippen molar-refractivity contribution < 1.29 is 9.53 Å². The van der Waals surface area contributed by atoms with Gasteiger partial charge in [-0.15, -0.1) is 0 Å². The maximum absolute atomic E-state index is 11.9. The zero-order valence-corrected chi connectivity index (χ0v) is 12.0. The molecule has 0 saturated heterocycles. The van der Waals surface area contributed by atoms with Gasteiger partial charge in [0.2, 0.25) is 5.91 Å². The van der Waals surface area contributed by atoms with Gasteiger partial charge in [0.15, 0.2) is 5.82 Å². The van der Waals surface area contributed by atoms with E-state index in [4.69, 9.17) is 4.74 Å². The van der Waals surface area contributed by atoms with Gasteiger partial charge < -0.3 is 10.1 Å². The largest absolute Gasteiger partial charge is 0.496 e. The second-order valence-electron chi connectivity index (χ2n) is 4.68. The molecule has 106 valence electrons. The summed E-state index contributed by atoms with van der Waals surface area (Å²) in [7, 11) is 1.63. The molecule has 5 nitrogen and oxygen atoms in total. The number of hydrogen-bond acceptors (Lipinski definition) is 3. The molecule has 0 atom stereocenters. The molecule has 2 aromatic rings. The van der Waals surface area contributed by atoms with Crippen LogP contribution >= 0.6 is 0 Å². The van der Waals surface area contributed by atoms with Crippen LogP contribution in [0.1, 0.15) is 23.2 Å². The molecular formula is C15H19N3O2. The van der Waals surface area contributed by atoms with Crippen molar-refractivity contribution >= 4 is 11.7 Å². The van der Waals surface area contributed by atoms with Crippen LogP contribution in [0, 0.1) is 13.8 Å². The number of rotatable bonds is 5. The molecule has 1 aromatic carbocycles. The van der Waals surface area contributed by atoms with Crippen molar-refractivity contribution in [2.45, 2.75) is 26.7 Å². The van der Waals surface area contributed by atoms with Crippen molar-refractivity contribution in [3.63, 3.8) is 0 Å². The second kappa shape index (κ2) is 6.23. The molecule has 0 saturated carbocycles. The Balaban J connectivity index is 1.94. The molecule has 1 aromatic heterocycles. The Morgan fingerprint density at radius 1 is 1.35 bits per heavy atom. The van der Waals surface area contributed by atoms with Crippen LogP contribution in [0.3, 0.4) is 0 Å². The first-order valence-electron chi connectivity index (χ1n) is 6.55. The summed E-state index contributed by atoms with van der Waals surface area (Å²) in [5.74, 6) is 1.37. The third kappa shape index (κ3) is 3.17. The number of H-pyrrole nitrogens is 1. The third-order valence-corrected chi connectivity index (χ3v) is 3.32. The van der Waals surface area contributed by atoms with Gasteiger partial charge in [-0.25, -0.2) is 0 Å². The number of nitrogens with zero attached hydrogens (tertiary/aromatic N) is 1. The number of hydrogen-bond donors (Lipinski definition) is 2. The van der Waals surface area contributed by atoms with Crippen LogP contribution in [0.4, 0.5) is 5.82 Å². The van der Waals surface area contributed by atoms with E-state index in [0.717, 1.165) is 22.6 Å². The van der Waals surface area contributed by atoms with E-state index in [1.54, 1.807) is 7.11 Å². The average molecular weight is 273 g/mol. The molecule has 1 amide bonds. The van der Waals surface area contributed by atoms with Crippen LogP contribution in [0.25, 0.3) is 0 Å². The Kier molecular flexibility index (Phi) is 4.40. The van der Waals surface area contributed by atoms with Crippen LogP contribution in [0.2, 0.25) is 0 Å². The molecule has 0 aliphatic heterocycles. The lowest BCUT2D eigenvalue weighted by molar-refractivity contribution is -0.116. The number of methoxy groups -OCH3 is 1. The Morgan fingerprint density at radius 3 is 2.75 bits per heavy atom. The third-order valence-electron chi connectivity index (χ3n) is 3.32. The van der Waals surface area contributed by atoms with Crippen molar-refractivity contribution in [2.24, 2.45) is 0 Å². The molecule has 0 unspecified atom stereocenters. The first-order valence-corrected chi connectivity index (χ1v) is 6.55. The van der Waals surface area contributed by atoms with E-state index < -0.39 is 0 Å². The number of anilines is 1. The number of aromatic nitrogens is 2. The number of para-hydroxylation sites is 1. The lowest BCUT2D eigenvalue weighted by Gasteiger charge is -2.08. The van der Waals surface area contributed by atoms with Crippen molar-refractivity contribution in [2.75, 3.05) is 12.4 Å². The fraction of sp³-hybridized carbons (Fsp3) is 0.333. The van der Waals surface area contributed by atoms with E-state index in [1.807, 2.05) is 38.1 Å². The van der Waals surface area contributed by atoms with Gasteiger partial charge in [-0.1, -0.05) is 18.2 Å². The highest BCUT2D eigenvalue weighted by Gasteiger charge is 2.10. The van der Waals surface area contributed by atoms with E-state index in [2.05, 4.69) is 15.5 Å². The number of aromatic amines is 1. The Morgan fingerprint density at radius 2 is 2.10 bits per heavy atom. The Bertz CT molecular complexity index is 605. The van der Waals surface area contributed by atoms with Crippen molar-refractivity contribution in [1.82, 2.24) is 10.2 Å². The van der Waals surface area contributed by atoms with Crippen LogP contribution in [0.15, 0.2) is 24.3 Å². The molecule has 5 heteroatoms. The minimum atomic E-state index is -0.0505. The highest BCUT2D eigenvalue weighted by Crippen LogP contribution is 2.19. The van der Waals surface area contributed by atoms with Crippen LogP contribution in [-0.4, -0.2) is 23.2 Å². The zero-order chi connectivity index (χ0) is 14.5. The molecule has 0 spiro atoms. The first-order chi connectivity index (χ1) is 9.61. The van der Waals surface area contributed by atoms with Gasteiger partial charge in [0, 0.05) is 17.7 Å². The van der Waals surface area contributed by atoms with E-state index >= 15 is 0 Å². The highest BCUT2D eigenvalue weighted by atomic mass is 16.5. The predicted octanol–water partition coefficient (Wildman–Crippen LogP) is 2.61. The molecule has 0 aliphatic carbocycles. The molecule has 0 bridgehead atoms. The quantitative estimate of drug-likeness (QED) is 0.880. The Labute approximate surface area is 118 Å². The number of nitrogens with one attached hydrogen (secondary N) is 2. The van der Waals surface area contributed by atoms with Gasteiger partial charge >= 0.3 is 0 Å². The number of ether oxygens (including phenoxy) is 1. The fourth-order valence-corrected chi connectivity index (χ4v) is 1.96. The maximum Gasteiger partial charge on any atom is 0.225 e. The topological polar surface area (TPSA) is 67.0 Å². The number of carbonyl (C=O) groups is 1. The van der Waals surface area contributed by atoms with E-state index in [-0.39, 0.29) is 5.91 Å². The van der Waals surface area contributed by atoms with Gasteiger partial charge in [0.05, 0.1) is 7.11 Å². The molecule has 2 rings (SSSR count). The van der Waals surface area contributed by atoms with Crippen LogP contribution < -0.4 is 10.1 Å². The summed E-state index contributed by atoms with van der Waals surface area (Å²) in [4.78, 5) is 11.9. The van der Waals surface area contributed by atoms with E-state index in [1.165, 1.54) is 0 Å². The van der Waals surface area contributed by atoms with E-state index in [0.29, 0.717) is 18.7 Å². The maximum atomic E-state index is 11.9. The summed E-state index contributed by atoms with van der Waals surface area (Å²) < 4.78 is 5.27. The van der Waals surface area contributed by atoms with Crippen molar-refractivity contribution in [1.29, 1.82) is 0 Å². The number of amides is 1. The number of benzene rings is 1. The zero-order valence-electron chi connectivity index (χ0n) is 12.0. The average Bonchev–Trinajstić information content (AvgIpc) is 2.77. The molecule has 0 aliphatic rings. The van der Waals surface area contributed by atoms with E-state index in [9.17, 15) is 4.79 Å². The summed E-state index contributed by atoms with van der Waals surface area (Å²) >= 11 is 0. The predicted molar refractivity (Wildman–Crippen MR) is 78.0 cm³/mol. The number of aryl methyl sites for hydroxylation is 2. The van der Waals surface area contributed by atoms with Gasteiger partial charge in [-0.3, -0.25) is 9.89 Å². The minimum Gasteiger partial charge on any atom is -0.496 e. The summed E-state index contributed by atoms with van der Waals surface area (Å²) in [5.41, 5.74) is 2.96. The SMILES string of the molecule is COc1ccccc1CCC(=O)Nc1n[nH]c(C)c1C. The molecule has 20 heavy (non-hydrogen) atoms. The molecular weight excluding hydrogens is 254 g/mol. The first kappa shape index (κ1) is 14.1. The van der Waals surface area contributed by atoms with Gasteiger partial charge in [0.1, 0.15) is 5.75 Å². The highest BCUT2D eigenvalue weighted by molar-refractivity contribution is 5.90. The van der Waals surface area contributed by atoms with Crippen molar-refractivity contribution in [3.8, 4) is 5.75 Å². The summed E-state index contributed by atoms with van der Waals surface area (Å²) in [6.07, 6.45) is 1.03. The lowest BCUT2D eigenvalue weighted by Crippen LogP contribution is -2.13. The smallest absolute Gasteiger partial charge is 0.225 e. The second-order valence-corrected chi connectivity index (χ2v) is 4.68. The molecule has 0 radical (unpaired) electrons.